The van der Waals surface area contributed by atoms with Crippen LogP contribution in [0, 0.1) is 0 Å². The lowest BCUT2D eigenvalue weighted by atomic mass is 10.1. The summed E-state index contributed by atoms with van der Waals surface area (Å²) in [5, 5.41) is 1.63. The van der Waals surface area contributed by atoms with Crippen LogP contribution in [0.25, 0.3) is 0 Å². The van der Waals surface area contributed by atoms with Crippen LogP contribution in [0.15, 0.2) is 47.0 Å². The molecule has 0 aromatic carbocycles. The molecular formula is C12H14N4S. The second-order valence-electron chi connectivity index (χ2n) is 3.78. The Labute approximate surface area is 105 Å². The average Bonchev–Trinajstić information content (AvgIpc) is 2.32. The highest BCUT2D eigenvalue weighted by molar-refractivity contribution is 7.99. The van der Waals surface area contributed by atoms with Crippen molar-refractivity contribution in [1.29, 1.82) is 0 Å². The molecule has 2 rings (SSSR count). The van der Waals surface area contributed by atoms with Gasteiger partial charge >= 0.3 is 0 Å². The maximum Gasteiger partial charge on any atom is 0.193 e. The topological polar surface area (TPSA) is 64.7 Å². The maximum absolute atomic E-state index is 5.82. The Kier molecular flexibility index (Phi) is 4.06. The third-order valence-electron chi connectivity index (χ3n) is 2.12. The Morgan fingerprint density at radius 2 is 1.88 bits per heavy atom. The predicted octanol–water partition coefficient (Wildman–Crippen LogP) is 1.91. The van der Waals surface area contributed by atoms with Crippen LogP contribution in [0.5, 0.6) is 0 Å². The highest BCUT2D eigenvalue weighted by Crippen LogP contribution is 2.25. The average molecular weight is 246 g/mol. The van der Waals surface area contributed by atoms with Gasteiger partial charge in [0.1, 0.15) is 5.03 Å². The minimum atomic E-state index is 0.121. The summed E-state index contributed by atoms with van der Waals surface area (Å²) in [4.78, 5) is 12.7. The third kappa shape index (κ3) is 3.51. The van der Waals surface area contributed by atoms with E-state index in [-0.39, 0.29) is 6.04 Å². The SMILES string of the molecule is CC(N)Cc1cccnc1Sc1ncccn1. The van der Waals surface area contributed by atoms with Gasteiger partial charge in [-0.1, -0.05) is 6.07 Å². The Morgan fingerprint density at radius 1 is 1.18 bits per heavy atom. The molecule has 0 saturated heterocycles. The first-order valence-corrected chi connectivity index (χ1v) is 6.21. The number of aromatic nitrogens is 3. The Morgan fingerprint density at radius 3 is 2.59 bits per heavy atom. The molecule has 0 aliphatic rings. The molecule has 2 N–H and O–H groups in total. The molecule has 4 nitrogen and oxygen atoms in total. The molecule has 0 radical (unpaired) electrons. The van der Waals surface area contributed by atoms with E-state index in [0.717, 1.165) is 17.0 Å². The molecule has 5 heteroatoms. The van der Waals surface area contributed by atoms with Gasteiger partial charge in [0.2, 0.25) is 0 Å². The second-order valence-corrected chi connectivity index (χ2v) is 4.74. The zero-order chi connectivity index (χ0) is 12.1. The quantitative estimate of drug-likeness (QED) is 0.835. The summed E-state index contributed by atoms with van der Waals surface area (Å²) in [5.74, 6) is 0. The van der Waals surface area contributed by atoms with E-state index in [1.54, 1.807) is 24.7 Å². The standard InChI is InChI=1S/C12H14N4S/c1-9(13)8-10-4-2-5-14-11(10)17-12-15-6-3-7-16-12/h2-7,9H,8,13H2,1H3. The highest BCUT2D eigenvalue weighted by Gasteiger charge is 2.08. The van der Waals surface area contributed by atoms with Gasteiger partial charge in [0.15, 0.2) is 5.16 Å². The van der Waals surface area contributed by atoms with E-state index < -0.39 is 0 Å². The van der Waals surface area contributed by atoms with E-state index in [4.69, 9.17) is 5.73 Å². The van der Waals surface area contributed by atoms with E-state index in [1.807, 2.05) is 19.1 Å². The zero-order valence-electron chi connectivity index (χ0n) is 9.58. The molecule has 0 amide bonds. The van der Waals surface area contributed by atoms with Crippen molar-refractivity contribution in [2.24, 2.45) is 5.73 Å². The molecule has 0 fully saturated rings. The molecule has 17 heavy (non-hydrogen) atoms. The van der Waals surface area contributed by atoms with Crippen molar-refractivity contribution in [3.63, 3.8) is 0 Å². The van der Waals surface area contributed by atoms with E-state index in [0.29, 0.717) is 5.16 Å². The van der Waals surface area contributed by atoms with Gasteiger partial charge in [-0.2, -0.15) is 0 Å². The molecule has 0 spiro atoms. The van der Waals surface area contributed by atoms with Gasteiger partial charge in [-0.3, -0.25) is 0 Å². The number of hydrogen-bond donors (Lipinski definition) is 1. The number of rotatable bonds is 4. The van der Waals surface area contributed by atoms with Gasteiger partial charge in [-0.05, 0) is 42.8 Å². The third-order valence-corrected chi connectivity index (χ3v) is 3.08. The van der Waals surface area contributed by atoms with Gasteiger partial charge < -0.3 is 5.73 Å². The molecule has 2 aromatic rings. The van der Waals surface area contributed by atoms with Crippen molar-refractivity contribution < 1.29 is 0 Å². The van der Waals surface area contributed by atoms with Crippen LogP contribution in [0.3, 0.4) is 0 Å². The Balaban J connectivity index is 2.20. The molecule has 88 valence electrons. The number of pyridine rings is 1. The van der Waals surface area contributed by atoms with Crippen molar-refractivity contribution in [3.8, 4) is 0 Å². The largest absolute Gasteiger partial charge is 0.328 e. The first-order valence-electron chi connectivity index (χ1n) is 5.40. The van der Waals surface area contributed by atoms with Gasteiger partial charge in [0.25, 0.3) is 0 Å². The van der Waals surface area contributed by atoms with Crippen molar-refractivity contribution in [3.05, 3.63) is 42.4 Å². The lowest BCUT2D eigenvalue weighted by Gasteiger charge is -2.09. The number of hydrogen-bond acceptors (Lipinski definition) is 5. The van der Waals surface area contributed by atoms with Crippen molar-refractivity contribution >= 4 is 11.8 Å². The van der Waals surface area contributed by atoms with Crippen LogP contribution in [0.1, 0.15) is 12.5 Å². The fourth-order valence-corrected chi connectivity index (χ4v) is 2.24. The predicted molar refractivity (Wildman–Crippen MR) is 67.7 cm³/mol. The molecule has 0 bridgehead atoms. The zero-order valence-corrected chi connectivity index (χ0v) is 10.4. The molecule has 1 unspecified atom stereocenters. The summed E-state index contributed by atoms with van der Waals surface area (Å²) < 4.78 is 0. The summed E-state index contributed by atoms with van der Waals surface area (Å²) in [6.45, 7) is 1.99. The fourth-order valence-electron chi connectivity index (χ4n) is 1.44. The molecule has 1 atom stereocenters. The molecule has 0 saturated carbocycles. The van der Waals surface area contributed by atoms with Crippen LogP contribution in [0.2, 0.25) is 0 Å². The normalized spacial score (nSPS) is 12.4. The van der Waals surface area contributed by atoms with Crippen LogP contribution in [-0.2, 0) is 6.42 Å². The second kappa shape index (κ2) is 5.75. The highest BCUT2D eigenvalue weighted by atomic mass is 32.2. The van der Waals surface area contributed by atoms with Crippen LogP contribution >= 0.6 is 11.8 Å². The van der Waals surface area contributed by atoms with E-state index in [9.17, 15) is 0 Å². The number of nitrogens with zero attached hydrogens (tertiary/aromatic N) is 3. The lowest BCUT2D eigenvalue weighted by Crippen LogP contribution is -2.18. The van der Waals surface area contributed by atoms with Crippen molar-refractivity contribution in [2.45, 2.75) is 29.6 Å². The van der Waals surface area contributed by atoms with E-state index in [1.165, 1.54) is 11.8 Å². The minimum absolute atomic E-state index is 0.121. The molecule has 0 aliphatic heterocycles. The van der Waals surface area contributed by atoms with Gasteiger partial charge in [-0.25, -0.2) is 15.0 Å². The first kappa shape index (κ1) is 12.0. The summed E-state index contributed by atoms with van der Waals surface area (Å²) in [5.41, 5.74) is 6.96. The van der Waals surface area contributed by atoms with Crippen LogP contribution in [-0.4, -0.2) is 21.0 Å². The smallest absolute Gasteiger partial charge is 0.193 e. The van der Waals surface area contributed by atoms with Gasteiger partial charge in [-0.15, -0.1) is 0 Å². The van der Waals surface area contributed by atoms with Crippen LogP contribution in [0.4, 0.5) is 0 Å². The molecule has 2 heterocycles. The van der Waals surface area contributed by atoms with Gasteiger partial charge in [0.05, 0.1) is 0 Å². The first-order chi connectivity index (χ1) is 8.25. The summed E-state index contributed by atoms with van der Waals surface area (Å²) in [6, 6.07) is 5.89. The van der Waals surface area contributed by atoms with Crippen molar-refractivity contribution in [1.82, 2.24) is 15.0 Å². The summed E-state index contributed by atoms with van der Waals surface area (Å²) >= 11 is 1.47. The fraction of sp³-hybridized carbons (Fsp3) is 0.250. The van der Waals surface area contributed by atoms with Crippen LogP contribution < -0.4 is 5.73 Å². The molecule has 0 aliphatic carbocycles. The molecule has 2 aromatic heterocycles. The lowest BCUT2D eigenvalue weighted by molar-refractivity contribution is 0.722. The number of nitrogens with two attached hydrogens (primary N) is 1. The van der Waals surface area contributed by atoms with E-state index in [2.05, 4.69) is 15.0 Å². The minimum Gasteiger partial charge on any atom is -0.328 e. The monoisotopic (exact) mass is 246 g/mol. The Hall–Kier alpha value is -1.46. The maximum atomic E-state index is 5.82. The Bertz CT molecular complexity index is 473. The summed E-state index contributed by atoms with van der Waals surface area (Å²) in [7, 11) is 0. The van der Waals surface area contributed by atoms with Crippen molar-refractivity contribution in [2.75, 3.05) is 0 Å². The van der Waals surface area contributed by atoms with Gasteiger partial charge in [0, 0.05) is 24.6 Å². The molecular weight excluding hydrogens is 232 g/mol. The van der Waals surface area contributed by atoms with E-state index >= 15 is 0 Å². The summed E-state index contributed by atoms with van der Waals surface area (Å²) in [6.07, 6.45) is 6.03.